The first-order valence-corrected chi connectivity index (χ1v) is 7.80. The summed E-state index contributed by atoms with van der Waals surface area (Å²) in [6, 6.07) is 14.1. The van der Waals surface area contributed by atoms with Gasteiger partial charge in [-0.1, -0.05) is 18.2 Å². The summed E-state index contributed by atoms with van der Waals surface area (Å²) in [6.07, 6.45) is 0. The number of benzene rings is 2. The maximum absolute atomic E-state index is 12.2. The summed E-state index contributed by atoms with van der Waals surface area (Å²) in [7, 11) is 0. The van der Waals surface area contributed by atoms with Crippen LogP contribution in [0.4, 0.5) is 5.69 Å². The molecule has 1 amide bonds. The number of rotatable bonds is 4. The number of aromatic nitrogens is 2. The number of nitrogens with one attached hydrogen (secondary N) is 1. The van der Waals surface area contributed by atoms with E-state index in [1.165, 1.54) is 6.92 Å². The third-order valence-electron chi connectivity index (χ3n) is 3.60. The number of aryl methyl sites for hydroxylation is 1. The van der Waals surface area contributed by atoms with Crippen LogP contribution < -0.4 is 5.32 Å². The van der Waals surface area contributed by atoms with Crippen molar-refractivity contribution in [3.63, 3.8) is 0 Å². The summed E-state index contributed by atoms with van der Waals surface area (Å²) in [5.41, 5.74) is 3.80. The van der Waals surface area contributed by atoms with Gasteiger partial charge in [-0.3, -0.25) is 4.79 Å². The predicted molar refractivity (Wildman–Crippen MR) is 94.1 cm³/mol. The van der Waals surface area contributed by atoms with Crippen LogP contribution in [0, 0.1) is 6.92 Å². The minimum Gasteiger partial charge on any atom is -0.456 e. The van der Waals surface area contributed by atoms with Crippen molar-refractivity contribution in [1.82, 2.24) is 9.97 Å². The lowest BCUT2D eigenvalue weighted by molar-refractivity contribution is -0.114. The van der Waals surface area contributed by atoms with Crippen LogP contribution in [0.1, 0.15) is 28.7 Å². The molecule has 0 fully saturated rings. The van der Waals surface area contributed by atoms with Crippen molar-refractivity contribution in [1.29, 1.82) is 0 Å². The molecule has 1 aromatic heterocycles. The van der Waals surface area contributed by atoms with Gasteiger partial charge >= 0.3 is 5.97 Å². The smallest absolute Gasteiger partial charge is 0.338 e. The van der Waals surface area contributed by atoms with Gasteiger partial charge in [-0.05, 0) is 37.3 Å². The van der Waals surface area contributed by atoms with Crippen LogP contribution >= 0.6 is 0 Å². The summed E-state index contributed by atoms with van der Waals surface area (Å²) in [4.78, 5) is 32.3. The van der Waals surface area contributed by atoms with Gasteiger partial charge in [0.1, 0.15) is 6.61 Å². The summed E-state index contributed by atoms with van der Waals surface area (Å²) in [5, 5.41) is 2.63. The van der Waals surface area contributed by atoms with Crippen molar-refractivity contribution >= 4 is 28.6 Å². The Kier molecular flexibility index (Phi) is 4.70. The second-order valence-electron chi connectivity index (χ2n) is 5.58. The minimum atomic E-state index is -0.485. The topological polar surface area (TPSA) is 81.2 Å². The molecule has 0 bridgehead atoms. The van der Waals surface area contributed by atoms with E-state index in [1.807, 2.05) is 31.2 Å². The summed E-state index contributed by atoms with van der Waals surface area (Å²) in [5.74, 6) is -0.686. The van der Waals surface area contributed by atoms with Crippen molar-refractivity contribution < 1.29 is 14.3 Å². The summed E-state index contributed by atoms with van der Waals surface area (Å²) < 4.78 is 5.35. The molecule has 0 spiro atoms. The molecule has 0 radical (unpaired) electrons. The molecular weight excluding hydrogens is 318 g/mol. The summed E-state index contributed by atoms with van der Waals surface area (Å²) in [6.45, 7) is 3.28. The molecular formula is C19H17N3O3. The molecule has 3 rings (SSSR count). The molecule has 0 aliphatic carbocycles. The Bertz CT molecular complexity index is 954. The number of ether oxygens (including phenoxy) is 1. The highest BCUT2D eigenvalue weighted by Gasteiger charge is 2.11. The second kappa shape index (κ2) is 7.09. The van der Waals surface area contributed by atoms with Gasteiger partial charge in [0, 0.05) is 12.6 Å². The van der Waals surface area contributed by atoms with Crippen molar-refractivity contribution in [3.05, 3.63) is 65.5 Å². The van der Waals surface area contributed by atoms with Crippen LogP contribution in [0.25, 0.3) is 11.0 Å². The van der Waals surface area contributed by atoms with E-state index >= 15 is 0 Å². The molecule has 1 N–H and O–H groups in total. The van der Waals surface area contributed by atoms with E-state index in [2.05, 4.69) is 15.3 Å². The van der Waals surface area contributed by atoms with E-state index in [1.54, 1.807) is 24.3 Å². The van der Waals surface area contributed by atoms with Gasteiger partial charge in [0.2, 0.25) is 5.91 Å². The molecule has 25 heavy (non-hydrogen) atoms. The van der Waals surface area contributed by atoms with Crippen molar-refractivity contribution in [2.24, 2.45) is 0 Å². The van der Waals surface area contributed by atoms with Gasteiger partial charge in [-0.15, -0.1) is 0 Å². The minimum absolute atomic E-state index is 0.0346. The van der Waals surface area contributed by atoms with Gasteiger partial charge in [-0.2, -0.15) is 0 Å². The fourth-order valence-electron chi connectivity index (χ4n) is 2.41. The van der Waals surface area contributed by atoms with Crippen molar-refractivity contribution in [2.75, 3.05) is 5.32 Å². The number of carbonyl (C=O) groups excluding carboxylic acids is 2. The first kappa shape index (κ1) is 16.6. The molecule has 6 nitrogen and oxygen atoms in total. The number of hydrogen-bond acceptors (Lipinski definition) is 5. The lowest BCUT2D eigenvalue weighted by Gasteiger charge is -2.09. The lowest BCUT2D eigenvalue weighted by Crippen LogP contribution is -2.10. The van der Waals surface area contributed by atoms with Gasteiger partial charge in [0.15, 0.2) is 0 Å². The molecule has 3 aromatic rings. The van der Waals surface area contributed by atoms with Crippen LogP contribution in [-0.2, 0) is 16.1 Å². The number of para-hydroxylation sites is 2. The van der Waals surface area contributed by atoms with Crippen LogP contribution in [-0.4, -0.2) is 21.8 Å². The van der Waals surface area contributed by atoms with Crippen LogP contribution in [0.3, 0.4) is 0 Å². The number of nitrogens with zero attached hydrogens (tertiary/aromatic N) is 2. The Balaban J connectivity index is 1.74. The van der Waals surface area contributed by atoms with E-state index in [-0.39, 0.29) is 12.5 Å². The molecule has 0 aliphatic heterocycles. The largest absolute Gasteiger partial charge is 0.456 e. The fraction of sp³-hybridized carbons (Fsp3) is 0.158. The fourth-order valence-corrected chi connectivity index (χ4v) is 2.41. The number of fused-ring (bicyclic) bond motifs is 1. The SMILES string of the molecule is CC(=O)Nc1cccc(C(=O)OCc2nc3ccccc3nc2C)c1. The average Bonchev–Trinajstić information content (AvgIpc) is 2.59. The maximum Gasteiger partial charge on any atom is 0.338 e. The third-order valence-corrected chi connectivity index (χ3v) is 3.60. The average molecular weight is 335 g/mol. The highest BCUT2D eigenvalue weighted by atomic mass is 16.5. The number of anilines is 1. The van der Waals surface area contributed by atoms with Gasteiger partial charge in [0.05, 0.1) is 28.0 Å². The Morgan fingerprint density at radius 3 is 2.48 bits per heavy atom. The first-order chi connectivity index (χ1) is 12.0. The first-order valence-electron chi connectivity index (χ1n) is 7.80. The Morgan fingerprint density at radius 2 is 1.76 bits per heavy atom. The quantitative estimate of drug-likeness (QED) is 0.740. The summed E-state index contributed by atoms with van der Waals surface area (Å²) >= 11 is 0. The normalized spacial score (nSPS) is 10.5. The van der Waals surface area contributed by atoms with E-state index < -0.39 is 5.97 Å². The molecule has 126 valence electrons. The zero-order valence-corrected chi connectivity index (χ0v) is 13.9. The van der Waals surface area contributed by atoms with Gasteiger partial charge in [0.25, 0.3) is 0 Å². The van der Waals surface area contributed by atoms with E-state index in [9.17, 15) is 9.59 Å². The molecule has 0 saturated heterocycles. The molecule has 0 aliphatic rings. The molecule has 0 saturated carbocycles. The molecule has 1 heterocycles. The third kappa shape index (κ3) is 3.98. The van der Waals surface area contributed by atoms with Gasteiger partial charge < -0.3 is 10.1 Å². The van der Waals surface area contributed by atoms with Crippen LogP contribution in [0.2, 0.25) is 0 Å². The van der Waals surface area contributed by atoms with Gasteiger partial charge in [-0.25, -0.2) is 14.8 Å². The highest BCUT2D eigenvalue weighted by molar-refractivity contribution is 5.93. The number of amides is 1. The Morgan fingerprint density at radius 1 is 1.04 bits per heavy atom. The number of hydrogen-bond donors (Lipinski definition) is 1. The number of carbonyl (C=O) groups is 2. The number of esters is 1. The maximum atomic E-state index is 12.2. The molecule has 6 heteroatoms. The standard InChI is InChI=1S/C19H17N3O3/c1-12-18(22-17-9-4-3-8-16(17)20-12)11-25-19(24)14-6-5-7-15(10-14)21-13(2)23/h3-10H,11H2,1-2H3,(H,21,23). The van der Waals surface area contributed by atoms with E-state index in [4.69, 9.17) is 4.74 Å². The zero-order chi connectivity index (χ0) is 17.8. The Hall–Kier alpha value is -3.28. The molecule has 0 atom stereocenters. The predicted octanol–water partition coefficient (Wildman–Crippen LogP) is 3.25. The van der Waals surface area contributed by atoms with Crippen LogP contribution in [0.15, 0.2) is 48.5 Å². The van der Waals surface area contributed by atoms with Crippen LogP contribution in [0.5, 0.6) is 0 Å². The zero-order valence-electron chi connectivity index (χ0n) is 13.9. The van der Waals surface area contributed by atoms with Crippen molar-refractivity contribution in [3.8, 4) is 0 Å². The molecule has 2 aromatic carbocycles. The van der Waals surface area contributed by atoms with E-state index in [0.29, 0.717) is 16.9 Å². The van der Waals surface area contributed by atoms with E-state index in [0.717, 1.165) is 16.7 Å². The second-order valence-corrected chi connectivity index (χ2v) is 5.58. The Labute approximate surface area is 144 Å². The molecule has 0 unspecified atom stereocenters. The monoisotopic (exact) mass is 335 g/mol. The van der Waals surface area contributed by atoms with Crippen molar-refractivity contribution in [2.45, 2.75) is 20.5 Å². The lowest BCUT2D eigenvalue weighted by atomic mass is 10.2. The highest BCUT2D eigenvalue weighted by Crippen LogP contribution is 2.15.